The number of benzene rings is 1. The lowest BCUT2D eigenvalue weighted by Crippen LogP contribution is -2.55. The Morgan fingerprint density at radius 2 is 2.08 bits per heavy atom. The largest absolute Gasteiger partial charge is 0.507 e. The number of para-hydroxylation sites is 1. The third kappa shape index (κ3) is 3.49. The van der Waals surface area contributed by atoms with E-state index in [4.69, 9.17) is 0 Å². The number of nitrogens with zero attached hydrogens (tertiary/aromatic N) is 2. The molecule has 136 valence electrons. The molecule has 2 N–H and O–H groups in total. The Labute approximate surface area is 148 Å². The number of hydrogen-bond acceptors (Lipinski definition) is 4. The number of aliphatic hydroxyl groups excluding tert-OH is 1. The van der Waals surface area contributed by atoms with Gasteiger partial charge in [0.2, 0.25) is 5.91 Å². The highest BCUT2D eigenvalue weighted by Crippen LogP contribution is 2.39. The van der Waals surface area contributed by atoms with Crippen molar-refractivity contribution in [1.82, 2.24) is 9.80 Å². The number of β-amino-alcohol motifs (C(OH)–C–C–N with tert-alkyl or cyclic N) is 1. The molecule has 2 aliphatic rings. The zero-order chi connectivity index (χ0) is 18.0. The van der Waals surface area contributed by atoms with Gasteiger partial charge in [-0.1, -0.05) is 12.1 Å². The molecule has 0 aromatic heterocycles. The molecule has 25 heavy (non-hydrogen) atoms. The molecular weight excluding hydrogens is 320 g/mol. The van der Waals surface area contributed by atoms with E-state index in [1.807, 2.05) is 4.90 Å². The van der Waals surface area contributed by atoms with Gasteiger partial charge < -0.3 is 20.0 Å². The van der Waals surface area contributed by atoms with E-state index < -0.39 is 0 Å². The van der Waals surface area contributed by atoms with Gasteiger partial charge in [-0.2, -0.15) is 0 Å². The Balaban J connectivity index is 1.78. The molecule has 0 saturated carbocycles. The zero-order valence-electron chi connectivity index (χ0n) is 14.7. The number of likely N-dealkylation sites (tertiary alicyclic amines) is 2. The third-order valence-electron chi connectivity index (χ3n) is 5.53. The van der Waals surface area contributed by atoms with Crippen LogP contribution in [0.4, 0.5) is 0 Å². The van der Waals surface area contributed by atoms with Gasteiger partial charge in [0.05, 0.1) is 12.2 Å². The van der Waals surface area contributed by atoms with Crippen molar-refractivity contribution in [2.24, 2.45) is 5.41 Å². The van der Waals surface area contributed by atoms with Gasteiger partial charge >= 0.3 is 0 Å². The first kappa shape index (κ1) is 17.7. The molecule has 2 heterocycles. The van der Waals surface area contributed by atoms with Gasteiger partial charge in [0, 0.05) is 38.0 Å². The predicted molar refractivity (Wildman–Crippen MR) is 93.3 cm³/mol. The van der Waals surface area contributed by atoms with Crippen LogP contribution in [-0.4, -0.2) is 64.6 Å². The van der Waals surface area contributed by atoms with Crippen LogP contribution in [0, 0.1) is 12.3 Å². The number of phenols is 1. The van der Waals surface area contributed by atoms with E-state index in [2.05, 4.69) is 0 Å². The molecule has 6 nitrogen and oxygen atoms in total. The summed E-state index contributed by atoms with van der Waals surface area (Å²) >= 11 is 0. The molecule has 2 aliphatic heterocycles. The molecule has 1 atom stereocenters. The average Bonchev–Trinajstić information content (AvgIpc) is 2.61. The molecule has 1 spiro atoms. The summed E-state index contributed by atoms with van der Waals surface area (Å²) in [6, 6.07) is 5.22. The molecule has 0 radical (unpaired) electrons. The molecule has 3 rings (SSSR count). The summed E-state index contributed by atoms with van der Waals surface area (Å²) in [4.78, 5) is 28.5. The van der Waals surface area contributed by atoms with Crippen molar-refractivity contribution in [3.8, 4) is 5.75 Å². The van der Waals surface area contributed by atoms with Crippen molar-refractivity contribution in [2.75, 3.05) is 32.8 Å². The quantitative estimate of drug-likeness (QED) is 0.870. The Morgan fingerprint density at radius 1 is 1.28 bits per heavy atom. The standard InChI is InChI=1S/C19H26N2O4/c1-14-4-2-5-15(17(14)24)18(25)21-9-3-7-19(13-21)8-6-16(23)20(12-19)10-11-22/h2,4-5,22,24H,3,6-13H2,1H3. The van der Waals surface area contributed by atoms with Crippen molar-refractivity contribution >= 4 is 11.8 Å². The van der Waals surface area contributed by atoms with Crippen molar-refractivity contribution in [3.05, 3.63) is 29.3 Å². The van der Waals surface area contributed by atoms with Gasteiger partial charge in [-0.25, -0.2) is 0 Å². The second-order valence-corrected chi connectivity index (χ2v) is 7.34. The lowest BCUT2D eigenvalue weighted by atomic mass is 9.73. The summed E-state index contributed by atoms with van der Waals surface area (Å²) in [6.45, 7) is 3.95. The van der Waals surface area contributed by atoms with Crippen LogP contribution >= 0.6 is 0 Å². The molecule has 1 aromatic carbocycles. The van der Waals surface area contributed by atoms with Gasteiger partial charge in [0.1, 0.15) is 5.75 Å². The zero-order valence-corrected chi connectivity index (χ0v) is 14.7. The maximum absolute atomic E-state index is 12.9. The van der Waals surface area contributed by atoms with Crippen LogP contribution in [0.3, 0.4) is 0 Å². The van der Waals surface area contributed by atoms with Gasteiger partial charge in [0.25, 0.3) is 5.91 Å². The topological polar surface area (TPSA) is 81.1 Å². The Bertz CT molecular complexity index is 675. The fraction of sp³-hybridized carbons (Fsp3) is 0.579. The van der Waals surface area contributed by atoms with Gasteiger partial charge in [-0.15, -0.1) is 0 Å². The molecule has 1 unspecified atom stereocenters. The minimum absolute atomic E-state index is 0.0401. The minimum atomic E-state index is -0.147. The lowest BCUT2D eigenvalue weighted by Gasteiger charge is -2.48. The summed E-state index contributed by atoms with van der Waals surface area (Å²) in [5.74, 6) is -0.0156. The summed E-state index contributed by atoms with van der Waals surface area (Å²) in [7, 11) is 0. The molecule has 2 saturated heterocycles. The van der Waals surface area contributed by atoms with Crippen LogP contribution < -0.4 is 0 Å². The number of rotatable bonds is 3. The van der Waals surface area contributed by atoms with Gasteiger partial charge in [-0.3, -0.25) is 9.59 Å². The number of hydrogen-bond donors (Lipinski definition) is 2. The molecule has 2 fully saturated rings. The number of aryl methyl sites for hydroxylation is 1. The second-order valence-electron chi connectivity index (χ2n) is 7.34. The molecule has 6 heteroatoms. The van der Waals surface area contributed by atoms with Crippen molar-refractivity contribution in [2.45, 2.75) is 32.6 Å². The van der Waals surface area contributed by atoms with Gasteiger partial charge in [0.15, 0.2) is 0 Å². The highest BCUT2D eigenvalue weighted by molar-refractivity contribution is 5.97. The number of piperidine rings is 2. The molecular formula is C19H26N2O4. The summed E-state index contributed by atoms with van der Waals surface area (Å²) in [5.41, 5.74) is 0.933. The van der Waals surface area contributed by atoms with Crippen LogP contribution in [0.15, 0.2) is 18.2 Å². The maximum atomic E-state index is 12.9. The van der Waals surface area contributed by atoms with E-state index in [0.29, 0.717) is 43.7 Å². The number of aromatic hydroxyl groups is 1. The van der Waals surface area contributed by atoms with Crippen LogP contribution in [-0.2, 0) is 4.79 Å². The first-order valence-corrected chi connectivity index (χ1v) is 8.92. The molecule has 0 bridgehead atoms. The lowest BCUT2D eigenvalue weighted by molar-refractivity contribution is -0.139. The van der Waals surface area contributed by atoms with E-state index >= 15 is 0 Å². The third-order valence-corrected chi connectivity index (χ3v) is 5.53. The molecule has 2 amide bonds. The predicted octanol–water partition coefficient (Wildman–Crippen LogP) is 1.54. The number of carbonyl (C=O) groups is 2. The Hall–Kier alpha value is -2.08. The van der Waals surface area contributed by atoms with Crippen molar-refractivity contribution < 1.29 is 19.8 Å². The monoisotopic (exact) mass is 346 g/mol. The van der Waals surface area contributed by atoms with Crippen LogP contribution in [0.5, 0.6) is 5.75 Å². The number of phenolic OH excluding ortho intramolecular Hbond substituents is 1. The minimum Gasteiger partial charge on any atom is -0.507 e. The first-order chi connectivity index (χ1) is 12.0. The summed E-state index contributed by atoms with van der Waals surface area (Å²) < 4.78 is 0. The fourth-order valence-electron chi connectivity index (χ4n) is 4.14. The summed E-state index contributed by atoms with van der Waals surface area (Å²) in [5, 5.41) is 19.4. The molecule has 1 aromatic rings. The van der Waals surface area contributed by atoms with Crippen molar-refractivity contribution in [3.63, 3.8) is 0 Å². The average molecular weight is 346 g/mol. The van der Waals surface area contributed by atoms with Crippen LogP contribution in [0.1, 0.15) is 41.6 Å². The van der Waals surface area contributed by atoms with E-state index in [1.54, 1.807) is 30.0 Å². The van der Waals surface area contributed by atoms with Crippen LogP contribution in [0.25, 0.3) is 0 Å². The first-order valence-electron chi connectivity index (χ1n) is 8.92. The van der Waals surface area contributed by atoms with E-state index in [1.165, 1.54) is 0 Å². The normalized spacial score (nSPS) is 24.0. The molecule has 0 aliphatic carbocycles. The van der Waals surface area contributed by atoms with Crippen LogP contribution in [0.2, 0.25) is 0 Å². The van der Waals surface area contributed by atoms with Crippen molar-refractivity contribution in [1.29, 1.82) is 0 Å². The Morgan fingerprint density at radius 3 is 2.84 bits per heavy atom. The number of aliphatic hydroxyl groups is 1. The van der Waals surface area contributed by atoms with Gasteiger partial charge in [-0.05, 0) is 37.8 Å². The fourth-order valence-corrected chi connectivity index (χ4v) is 4.14. The highest BCUT2D eigenvalue weighted by atomic mass is 16.3. The van der Waals surface area contributed by atoms with E-state index in [9.17, 15) is 19.8 Å². The van der Waals surface area contributed by atoms with E-state index in [0.717, 1.165) is 19.3 Å². The van der Waals surface area contributed by atoms with E-state index in [-0.39, 0.29) is 29.6 Å². The Kier molecular flexibility index (Phi) is 4.99. The smallest absolute Gasteiger partial charge is 0.257 e. The maximum Gasteiger partial charge on any atom is 0.257 e. The summed E-state index contributed by atoms with van der Waals surface area (Å²) in [6.07, 6.45) is 3.11. The number of carbonyl (C=O) groups excluding carboxylic acids is 2. The highest BCUT2D eigenvalue weighted by Gasteiger charge is 2.42. The SMILES string of the molecule is Cc1cccc(C(=O)N2CCCC3(CCC(=O)N(CCO)C3)C2)c1O. The second kappa shape index (κ2) is 7.04. The number of amides is 2.